The van der Waals surface area contributed by atoms with Crippen molar-refractivity contribution in [2.45, 2.75) is 91.4 Å². The Bertz CT molecular complexity index is 837. The van der Waals surface area contributed by atoms with Gasteiger partial charge in [-0.05, 0) is 67.2 Å². The molecule has 0 fully saturated rings. The molecular weight excluding hydrogens is 400 g/mol. The summed E-state index contributed by atoms with van der Waals surface area (Å²) >= 11 is 0. The normalized spacial score (nSPS) is 17.0. The first-order valence-electron chi connectivity index (χ1n) is 11.7. The van der Waals surface area contributed by atoms with Crippen LogP contribution in [0, 0.1) is 0 Å². The molecule has 0 aliphatic heterocycles. The van der Waals surface area contributed by atoms with E-state index in [-0.39, 0.29) is 10.8 Å². The summed E-state index contributed by atoms with van der Waals surface area (Å²) in [6.07, 6.45) is 14.9. The molecule has 178 valence electrons. The van der Waals surface area contributed by atoms with Gasteiger partial charge in [-0.3, -0.25) is 0 Å². The Morgan fingerprint density at radius 2 is 1.59 bits per heavy atom. The third-order valence-corrected chi connectivity index (χ3v) is 6.19. The van der Waals surface area contributed by atoms with Gasteiger partial charge in [0.25, 0.3) is 0 Å². The van der Waals surface area contributed by atoms with Crippen LogP contribution in [0.1, 0.15) is 97.3 Å². The minimum absolute atomic E-state index is 0.206. The third kappa shape index (κ3) is 8.57. The van der Waals surface area contributed by atoms with Crippen LogP contribution in [0.4, 0.5) is 4.79 Å². The molecule has 1 aliphatic carbocycles. The van der Waals surface area contributed by atoms with Crippen molar-refractivity contribution in [3.05, 3.63) is 58.7 Å². The predicted octanol–water partition coefficient (Wildman–Crippen LogP) is 8.36. The van der Waals surface area contributed by atoms with E-state index >= 15 is 0 Å². The molecule has 0 amide bonds. The average Bonchev–Trinajstić information content (AvgIpc) is 2.71. The highest BCUT2D eigenvalue weighted by Gasteiger charge is 2.37. The summed E-state index contributed by atoms with van der Waals surface area (Å²) in [6.45, 7) is 16.7. The third-order valence-electron chi connectivity index (χ3n) is 6.19. The van der Waals surface area contributed by atoms with E-state index in [0.717, 1.165) is 18.8 Å². The minimum atomic E-state index is -1.83. The Kier molecular flexibility index (Phi) is 10.8. The molecule has 1 aromatic carbocycles. The molecule has 0 spiro atoms. The van der Waals surface area contributed by atoms with E-state index in [4.69, 9.17) is 19.7 Å². The topological polar surface area (TPSA) is 66.8 Å². The highest BCUT2D eigenvalue weighted by atomic mass is 16.6. The van der Waals surface area contributed by atoms with Gasteiger partial charge in [-0.15, -0.1) is 0 Å². The molecule has 0 saturated carbocycles. The van der Waals surface area contributed by atoms with E-state index in [2.05, 4.69) is 91.0 Å². The fourth-order valence-corrected chi connectivity index (χ4v) is 3.86. The standard InChI is InChI=1S/C27H40O.CH2O3/c1-8-10-13-18-28-25-20-24-23(26(4,5)16-17-27(24,6)7)19-22(25)15-12-11-14-21(3)9-2;2-1(3)4/h9,11-12,14-15,19-20H,8,10,13,16-18H2,1-7H3;(H2,2,3,4)/b14-11+,15-12+,21-9-;. The summed E-state index contributed by atoms with van der Waals surface area (Å²) in [5.74, 6) is 1.04. The van der Waals surface area contributed by atoms with Gasteiger partial charge in [0.2, 0.25) is 0 Å². The van der Waals surface area contributed by atoms with E-state index < -0.39 is 6.16 Å². The second-order valence-electron chi connectivity index (χ2n) is 9.79. The highest BCUT2D eigenvalue weighted by molar-refractivity contribution is 5.63. The number of allylic oxidation sites excluding steroid dienone is 5. The van der Waals surface area contributed by atoms with Crippen molar-refractivity contribution >= 4 is 12.2 Å². The molecule has 0 heterocycles. The van der Waals surface area contributed by atoms with Crippen molar-refractivity contribution in [2.24, 2.45) is 0 Å². The summed E-state index contributed by atoms with van der Waals surface area (Å²) in [5, 5.41) is 13.9. The first-order valence-corrected chi connectivity index (χ1v) is 11.7. The van der Waals surface area contributed by atoms with Crippen LogP contribution >= 0.6 is 0 Å². The number of hydrogen-bond donors (Lipinski definition) is 2. The number of carbonyl (C=O) groups is 1. The summed E-state index contributed by atoms with van der Waals surface area (Å²) < 4.78 is 6.28. The summed E-state index contributed by atoms with van der Waals surface area (Å²) in [7, 11) is 0. The van der Waals surface area contributed by atoms with Gasteiger partial charge in [0.15, 0.2) is 0 Å². The number of hydrogen-bond acceptors (Lipinski definition) is 2. The molecule has 0 aromatic heterocycles. The number of rotatable bonds is 8. The van der Waals surface area contributed by atoms with Crippen LogP contribution in [0.15, 0.2) is 42.0 Å². The van der Waals surface area contributed by atoms with E-state index in [1.54, 1.807) is 0 Å². The number of benzene rings is 1. The first-order chi connectivity index (χ1) is 14.9. The molecule has 0 atom stereocenters. The first kappa shape index (κ1) is 27.5. The maximum Gasteiger partial charge on any atom is 0.503 e. The molecule has 0 bridgehead atoms. The number of ether oxygens (including phenoxy) is 1. The Labute approximate surface area is 194 Å². The van der Waals surface area contributed by atoms with Crippen LogP contribution in [-0.2, 0) is 10.8 Å². The van der Waals surface area contributed by atoms with E-state index in [0.29, 0.717) is 0 Å². The van der Waals surface area contributed by atoms with Gasteiger partial charge in [-0.2, -0.15) is 0 Å². The molecule has 1 aliphatic rings. The van der Waals surface area contributed by atoms with Crippen LogP contribution in [0.2, 0.25) is 0 Å². The average molecular weight is 443 g/mol. The molecular formula is C28H42O4. The monoisotopic (exact) mass is 442 g/mol. The van der Waals surface area contributed by atoms with Crippen molar-refractivity contribution in [3.63, 3.8) is 0 Å². The lowest BCUT2D eigenvalue weighted by atomic mass is 9.63. The predicted molar refractivity (Wildman–Crippen MR) is 135 cm³/mol. The smallest absolute Gasteiger partial charge is 0.493 e. The zero-order valence-corrected chi connectivity index (χ0v) is 21.0. The van der Waals surface area contributed by atoms with E-state index in [1.807, 2.05) is 0 Å². The lowest BCUT2D eigenvalue weighted by Crippen LogP contribution is -2.34. The van der Waals surface area contributed by atoms with Gasteiger partial charge in [0, 0.05) is 5.56 Å². The van der Waals surface area contributed by atoms with Gasteiger partial charge < -0.3 is 14.9 Å². The van der Waals surface area contributed by atoms with Gasteiger partial charge >= 0.3 is 6.16 Å². The van der Waals surface area contributed by atoms with Crippen LogP contribution in [-0.4, -0.2) is 23.0 Å². The minimum Gasteiger partial charge on any atom is -0.493 e. The summed E-state index contributed by atoms with van der Waals surface area (Å²) in [5.41, 5.74) is 5.84. The van der Waals surface area contributed by atoms with E-state index in [9.17, 15) is 0 Å². The fraction of sp³-hybridized carbons (Fsp3) is 0.536. The van der Waals surface area contributed by atoms with Crippen molar-refractivity contribution in [1.29, 1.82) is 0 Å². The number of carboxylic acid groups (broad SMARTS) is 2. The number of fused-ring (bicyclic) bond motifs is 1. The van der Waals surface area contributed by atoms with Crippen LogP contribution in [0.3, 0.4) is 0 Å². The summed E-state index contributed by atoms with van der Waals surface area (Å²) in [4.78, 5) is 8.56. The number of unbranched alkanes of at least 4 members (excludes halogenated alkanes) is 2. The van der Waals surface area contributed by atoms with Crippen molar-refractivity contribution < 1.29 is 19.7 Å². The molecule has 0 unspecified atom stereocenters. The van der Waals surface area contributed by atoms with Crippen molar-refractivity contribution in [1.82, 2.24) is 0 Å². The zero-order chi connectivity index (χ0) is 24.4. The molecule has 2 rings (SSSR count). The highest BCUT2D eigenvalue weighted by Crippen LogP contribution is 2.47. The molecule has 0 radical (unpaired) electrons. The molecule has 4 heteroatoms. The van der Waals surface area contributed by atoms with Gasteiger partial charge in [-0.1, -0.05) is 83.4 Å². The lowest BCUT2D eigenvalue weighted by molar-refractivity contribution is 0.137. The van der Waals surface area contributed by atoms with Crippen LogP contribution in [0.25, 0.3) is 6.08 Å². The lowest BCUT2D eigenvalue weighted by Gasteiger charge is -2.42. The summed E-state index contributed by atoms with van der Waals surface area (Å²) in [6, 6.07) is 4.72. The Morgan fingerprint density at radius 3 is 2.12 bits per heavy atom. The van der Waals surface area contributed by atoms with Gasteiger partial charge in [0.1, 0.15) is 5.75 Å². The maximum atomic E-state index is 8.56. The molecule has 4 nitrogen and oxygen atoms in total. The van der Waals surface area contributed by atoms with Gasteiger partial charge in [-0.25, -0.2) is 4.79 Å². The van der Waals surface area contributed by atoms with Crippen LogP contribution < -0.4 is 4.74 Å². The Morgan fingerprint density at radius 1 is 1.03 bits per heavy atom. The zero-order valence-electron chi connectivity index (χ0n) is 21.0. The second-order valence-corrected chi connectivity index (χ2v) is 9.79. The van der Waals surface area contributed by atoms with Crippen molar-refractivity contribution in [3.8, 4) is 5.75 Å². The van der Waals surface area contributed by atoms with Gasteiger partial charge in [0.05, 0.1) is 6.61 Å². The molecule has 32 heavy (non-hydrogen) atoms. The van der Waals surface area contributed by atoms with Crippen LogP contribution in [0.5, 0.6) is 5.75 Å². The fourth-order valence-electron chi connectivity index (χ4n) is 3.86. The Balaban J connectivity index is 0.00000118. The Hall–Kier alpha value is -2.49. The molecule has 1 aromatic rings. The van der Waals surface area contributed by atoms with E-state index in [1.165, 1.54) is 47.9 Å². The quantitative estimate of drug-likeness (QED) is 0.313. The SMILES string of the molecule is C\C=C(C)/C=C/C=C/c1cc2c(cc1OCCCCC)C(C)(C)CCC2(C)C.O=C(O)O. The molecule has 0 saturated heterocycles. The second kappa shape index (κ2) is 12.5. The van der Waals surface area contributed by atoms with Crippen molar-refractivity contribution in [2.75, 3.05) is 6.61 Å². The maximum absolute atomic E-state index is 8.56. The largest absolute Gasteiger partial charge is 0.503 e. The molecule has 2 N–H and O–H groups in total.